The van der Waals surface area contributed by atoms with E-state index in [-0.39, 0.29) is 0 Å². The van der Waals surface area contributed by atoms with E-state index in [0.29, 0.717) is 12.2 Å². The van der Waals surface area contributed by atoms with Gasteiger partial charge in [-0.2, -0.15) is 0 Å². The second kappa shape index (κ2) is 6.33. The van der Waals surface area contributed by atoms with Crippen molar-refractivity contribution in [1.82, 2.24) is 9.38 Å². The van der Waals surface area contributed by atoms with Crippen LogP contribution in [0.2, 0.25) is 0 Å². The lowest BCUT2D eigenvalue weighted by atomic mass is 10.2. The van der Waals surface area contributed by atoms with Crippen molar-refractivity contribution in [3.63, 3.8) is 0 Å². The zero-order valence-corrected chi connectivity index (χ0v) is 10.9. The van der Waals surface area contributed by atoms with E-state index in [4.69, 9.17) is 10.2 Å². The molecule has 0 radical (unpaired) electrons. The lowest BCUT2D eigenvalue weighted by molar-refractivity contribution is -0.134. The van der Waals surface area contributed by atoms with Crippen molar-refractivity contribution in [2.75, 3.05) is 0 Å². The molecule has 0 atom stereocenters. The summed E-state index contributed by atoms with van der Waals surface area (Å²) in [5, 5.41) is 16.9. The van der Waals surface area contributed by atoms with E-state index in [1.807, 2.05) is 12.4 Å². The van der Waals surface area contributed by atoms with Crippen molar-refractivity contribution in [3.05, 3.63) is 61.1 Å². The fourth-order valence-corrected chi connectivity index (χ4v) is 1.83. The lowest BCUT2D eigenvalue weighted by Gasteiger charge is -1.93. The average molecular weight is 284 g/mol. The Morgan fingerprint density at radius 1 is 1.10 bits per heavy atom. The molecule has 2 aromatic heterocycles. The summed E-state index contributed by atoms with van der Waals surface area (Å²) in [4.78, 5) is 23.2. The Morgan fingerprint density at radius 3 is 2.43 bits per heavy atom. The maximum Gasteiger partial charge on any atom is 0.328 e. The molecule has 3 aromatic rings. The Hall–Kier alpha value is -3.15. The van der Waals surface area contributed by atoms with Crippen molar-refractivity contribution < 1.29 is 19.8 Å². The summed E-state index contributed by atoms with van der Waals surface area (Å²) >= 11 is 0. The first-order chi connectivity index (χ1) is 10.1. The number of carbonyl (C=O) groups is 2. The first kappa shape index (κ1) is 14.3. The molecule has 0 saturated heterocycles. The minimum atomic E-state index is -1.26. The minimum absolute atomic E-state index is 0.558. The van der Waals surface area contributed by atoms with E-state index in [1.165, 1.54) is 10.9 Å². The highest BCUT2D eigenvalue weighted by molar-refractivity contribution is 5.89. The number of aromatic nitrogens is 2. The van der Waals surface area contributed by atoms with Gasteiger partial charge in [-0.3, -0.25) is 4.98 Å². The summed E-state index contributed by atoms with van der Waals surface area (Å²) < 4.78 is 2.14. The summed E-state index contributed by atoms with van der Waals surface area (Å²) in [6, 6.07) is 10.5. The zero-order valence-electron chi connectivity index (χ0n) is 10.9. The molecule has 2 heterocycles. The van der Waals surface area contributed by atoms with Crippen LogP contribution in [0.25, 0.3) is 16.4 Å². The number of nitrogens with zero attached hydrogens (tertiary/aromatic N) is 2. The number of benzene rings is 1. The van der Waals surface area contributed by atoms with Crippen LogP contribution in [0.3, 0.4) is 0 Å². The SMILES string of the molecule is O=C(O)C=CC(=O)O.c1ccc2c(c1)cc1cnccn12. The summed E-state index contributed by atoms with van der Waals surface area (Å²) in [6.07, 6.45) is 6.78. The van der Waals surface area contributed by atoms with Crippen LogP contribution in [-0.2, 0) is 9.59 Å². The second-order valence-electron chi connectivity index (χ2n) is 4.08. The van der Waals surface area contributed by atoms with Gasteiger partial charge in [0.1, 0.15) is 0 Å². The highest BCUT2D eigenvalue weighted by Crippen LogP contribution is 2.18. The minimum Gasteiger partial charge on any atom is -0.478 e. The van der Waals surface area contributed by atoms with Crippen LogP contribution in [0.5, 0.6) is 0 Å². The predicted molar refractivity (Wildman–Crippen MR) is 77.1 cm³/mol. The van der Waals surface area contributed by atoms with Crippen LogP contribution in [0.4, 0.5) is 0 Å². The van der Waals surface area contributed by atoms with Gasteiger partial charge in [0.05, 0.1) is 17.2 Å². The van der Waals surface area contributed by atoms with Gasteiger partial charge < -0.3 is 14.6 Å². The van der Waals surface area contributed by atoms with Crippen LogP contribution in [0.1, 0.15) is 0 Å². The van der Waals surface area contributed by atoms with E-state index >= 15 is 0 Å². The van der Waals surface area contributed by atoms with Crippen molar-refractivity contribution in [2.45, 2.75) is 0 Å². The highest BCUT2D eigenvalue weighted by Gasteiger charge is 1.99. The van der Waals surface area contributed by atoms with Crippen LogP contribution < -0.4 is 0 Å². The van der Waals surface area contributed by atoms with Gasteiger partial charge in [-0.05, 0) is 12.1 Å². The van der Waals surface area contributed by atoms with Crippen molar-refractivity contribution in [2.24, 2.45) is 0 Å². The smallest absolute Gasteiger partial charge is 0.328 e. The number of fused-ring (bicyclic) bond motifs is 3. The summed E-state index contributed by atoms with van der Waals surface area (Å²) in [5.74, 6) is -2.51. The van der Waals surface area contributed by atoms with E-state index in [0.717, 1.165) is 5.52 Å². The van der Waals surface area contributed by atoms with E-state index < -0.39 is 11.9 Å². The highest BCUT2D eigenvalue weighted by atomic mass is 16.4. The van der Waals surface area contributed by atoms with Gasteiger partial charge in [-0.15, -0.1) is 0 Å². The van der Waals surface area contributed by atoms with Gasteiger partial charge in [0.2, 0.25) is 0 Å². The molecule has 6 heteroatoms. The third-order valence-electron chi connectivity index (χ3n) is 2.65. The monoisotopic (exact) mass is 284 g/mol. The Labute approximate surface area is 119 Å². The van der Waals surface area contributed by atoms with Crippen LogP contribution >= 0.6 is 0 Å². The molecule has 106 valence electrons. The van der Waals surface area contributed by atoms with Gasteiger partial charge >= 0.3 is 11.9 Å². The van der Waals surface area contributed by atoms with Crippen LogP contribution in [0, 0.1) is 0 Å². The number of aliphatic carboxylic acids is 2. The first-order valence-electron chi connectivity index (χ1n) is 6.01. The fourth-order valence-electron chi connectivity index (χ4n) is 1.83. The number of carboxylic acids is 2. The first-order valence-corrected chi connectivity index (χ1v) is 6.01. The largest absolute Gasteiger partial charge is 0.478 e. The molecule has 6 nitrogen and oxygen atoms in total. The Morgan fingerprint density at radius 2 is 1.76 bits per heavy atom. The standard InChI is InChI=1S/C11H8N2.C4H4O4/c1-2-4-11-9(3-1)7-10-8-12-5-6-13(10)11;5-3(6)1-2-4(7)8/h1-8H;1-2H,(H,5,6)(H,7,8). The fraction of sp³-hybridized carbons (Fsp3) is 0. The zero-order chi connectivity index (χ0) is 15.2. The van der Waals surface area contributed by atoms with E-state index in [1.54, 1.807) is 6.20 Å². The lowest BCUT2D eigenvalue weighted by Crippen LogP contribution is -1.91. The van der Waals surface area contributed by atoms with Crippen molar-refractivity contribution >= 4 is 28.4 Å². The summed E-state index contributed by atoms with van der Waals surface area (Å²) in [5.41, 5.74) is 2.38. The van der Waals surface area contributed by atoms with Crippen molar-refractivity contribution in [1.29, 1.82) is 0 Å². The second-order valence-corrected chi connectivity index (χ2v) is 4.08. The van der Waals surface area contributed by atoms with E-state index in [9.17, 15) is 9.59 Å². The van der Waals surface area contributed by atoms with Gasteiger partial charge in [0.25, 0.3) is 0 Å². The van der Waals surface area contributed by atoms with Gasteiger partial charge in [0.15, 0.2) is 0 Å². The molecular weight excluding hydrogens is 272 g/mol. The quantitative estimate of drug-likeness (QED) is 0.704. The molecule has 1 aromatic carbocycles. The molecule has 21 heavy (non-hydrogen) atoms. The third-order valence-corrected chi connectivity index (χ3v) is 2.65. The predicted octanol–water partition coefficient (Wildman–Crippen LogP) is 2.20. The normalized spacial score (nSPS) is 10.5. The van der Waals surface area contributed by atoms with Crippen LogP contribution in [-0.4, -0.2) is 31.5 Å². The Bertz CT molecular complexity index is 754. The van der Waals surface area contributed by atoms with Gasteiger partial charge in [-0.25, -0.2) is 9.59 Å². The maximum atomic E-state index is 9.55. The number of hydrogen-bond donors (Lipinski definition) is 2. The Kier molecular flexibility index (Phi) is 4.30. The molecule has 0 fully saturated rings. The van der Waals surface area contributed by atoms with Gasteiger partial charge in [-0.1, -0.05) is 18.2 Å². The molecule has 0 amide bonds. The molecule has 3 rings (SSSR count). The number of hydrogen-bond acceptors (Lipinski definition) is 3. The van der Waals surface area contributed by atoms with Gasteiger partial charge in [0, 0.05) is 29.9 Å². The van der Waals surface area contributed by atoms with Crippen molar-refractivity contribution in [3.8, 4) is 0 Å². The molecule has 0 saturated carbocycles. The molecule has 0 unspecified atom stereocenters. The van der Waals surface area contributed by atoms with Crippen LogP contribution in [0.15, 0.2) is 61.1 Å². The van der Waals surface area contributed by atoms with E-state index in [2.05, 4.69) is 39.7 Å². The summed E-state index contributed by atoms with van der Waals surface area (Å²) in [6.45, 7) is 0. The topological polar surface area (TPSA) is 91.9 Å². The molecule has 0 aliphatic rings. The molecule has 0 aliphatic heterocycles. The molecule has 2 N–H and O–H groups in total. The third kappa shape index (κ3) is 3.66. The number of carboxylic acid groups (broad SMARTS) is 2. The maximum absolute atomic E-state index is 9.55. The molecule has 0 bridgehead atoms. The average Bonchev–Trinajstić information content (AvgIpc) is 2.84. The molecular formula is C15H12N2O4. The number of rotatable bonds is 2. The Balaban J connectivity index is 0.000000177. The molecule has 0 aliphatic carbocycles. The summed E-state index contributed by atoms with van der Waals surface area (Å²) in [7, 11) is 0. The molecule has 0 spiro atoms. The number of para-hydroxylation sites is 1.